The Balaban J connectivity index is 1.25. The topological polar surface area (TPSA) is 59.3 Å². The lowest BCUT2D eigenvalue weighted by Gasteiger charge is -2.56. The van der Waals surface area contributed by atoms with Crippen LogP contribution in [0.2, 0.25) is 0 Å². The number of fused-ring (bicyclic) bond motifs is 1. The summed E-state index contributed by atoms with van der Waals surface area (Å²) in [6.07, 6.45) is 4.63. The minimum atomic E-state index is -4.55. The fourth-order valence-electron chi connectivity index (χ4n) is 6.76. The molecule has 30 heavy (non-hydrogen) atoms. The molecule has 5 fully saturated rings. The van der Waals surface area contributed by atoms with Gasteiger partial charge >= 0.3 is 6.18 Å². The average molecular weight is 418 g/mol. The van der Waals surface area contributed by atoms with Crippen LogP contribution in [-0.4, -0.2) is 27.0 Å². The van der Waals surface area contributed by atoms with Gasteiger partial charge in [-0.3, -0.25) is 4.79 Å². The van der Waals surface area contributed by atoms with Crippen molar-refractivity contribution in [1.29, 1.82) is 0 Å². The van der Waals surface area contributed by atoms with Crippen molar-refractivity contribution in [2.45, 2.75) is 63.5 Å². The summed E-state index contributed by atoms with van der Waals surface area (Å²) in [5.74, 6) is 2.02. The monoisotopic (exact) mass is 418 g/mol. The van der Waals surface area contributed by atoms with Crippen LogP contribution in [0, 0.1) is 23.2 Å². The van der Waals surface area contributed by atoms with Gasteiger partial charge in [0.1, 0.15) is 5.69 Å². The second-order valence-corrected chi connectivity index (χ2v) is 10.2. The van der Waals surface area contributed by atoms with E-state index in [1.54, 1.807) is 0 Å². The quantitative estimate of drug-likeness (QED) is 0.791. The van der Waals surface area contributed by atoms with Gasteiger partial charge in [0.05, 0.1) is 0 Å². The average Bonchev–Trinajstić information content (AvgIpc) is 3.42. The summed E-state index contributed by atoms with van der Waals surface area (Å²) < 4.78 is 41.5. The number of hydrogen-bond acceptors (Lipinski definition) is 3. The van der Waals surface area contributed by atoms with Crippen LogP contribution in [0.25, 0.3) is 5.65 Å². The summed E-state index contributed by atoms with van der Waals surface area (Å²) in [7, 11) is 0. The van der Waals surface area contributed by atoms with E-state index in [0.29, 0.717) is 12.2 Å². The molecule has 5 aliphatic rings. The van der Waals surface area contributed by atoms with E-state index < -0.39 is 17.8 Å². The van der Waals surface area contributed by atoms with Crippen LogP contribution in [0.1, 0.15) is 79.2 Å². The van der Waals surface area contributed by atoms with E-state index in [-0.39, 0.29) is 22.7 Å². The molecular formula is C22H25F3N4O. The van der Waals surface area contributed by atoms with Gasteiger partial charge in [0, 0.05) is 24.2 Å². The Bertz CT molecular complexity index is 988. The Kier molecular flexibility index (Phi) is 3.85. The van der Waals surface area contributed by atoms with Crippen molar-refractivity contribution < 1.29 is 18.0 Å². The maximum absolute atomic E-state index is 13.6. The number of amides is 1. The Morgan fingerprint density at radius 1 is 1.10 bits per heavy atom. The Labute approximate surface area is 172 Å². The molecule has 0 unspecified atom stereocenters. The minimum absolute atomic E-state index is 0.00525. The van der Waals surface area contributed by atoms with E-state index >= 15 is 0 Å². The zero-order valence-electron chi connectivity index (χ0n) is 16.7. The van der Waals surface area contributed by atoms with Gasteiger partial charge < -0.3 is 5.32 Å². The molecule has 2 aromatic rings. The summed E-state index contributed by atoms with van der Waals surface area (Å²) in [5, 5.41) is 6.99. The van der Waals surface area contributed by atoms with Gasteiger partial charge in [0.25, 0.3) is 5.91 Å². The first-order valence-electron chi connectivity index (χ1n) is 11.0. The SMILES string of the molecule is O=C(NCC12CC3CC(CC(C3)C1)C2)c1cc2nc(C3CC3)cc(C(F)(F)F)n2n1. The van der Waals surface area contributed by atoms with Gasteiger partial charge in [-0.05, 0) is 80.6 Å². The highest BCUT2D eigenvalue weighted by Gasteiger charge is 2.50. The number of carbonyl (C=O) groups is 1. The summed E-state index contributed by atoms with van der Waals surface area (Å²) in [4.78, 5) is 17.2. The van der Waals surface area contributed by atoms with Gasteiger partial charge in [0.2, 0.25) is 0 Å². The molecule has 5 nitrogen and oxygen atoms in total. The predicted molar refractivity (Wildman–Crippen MR) is 103 cm³/mol. The molecule has 0 radical (unpaired) electrons. The molecule has 5 aliphatic carbocycles. The number of rotatable bonds is 4. The third-order valence-electron chi connectivity index (χ3n) is 7.75. The van der Waals surface area contributed by atoms with Crippen molar-refractivity contribution in [1.82, 2.24) is 19.9 Å². The number of alkyl halides is 3. The number of nitrogens with zero attached hydrogens (tertiary/aromatic N) is 3. The zero-order chi connectivity index (χ0) is 20.7. The molecule has 0 atom stereocenters. The van der Waals surface area contributed by atoms with E-state index in [0.717, 1.165) is 60.4 Å². The first-order valence-corrected chi connectivity index (χ1v) is 11.0. The van der Waals surface area contributed by atoms with Gasteiger partial charge in [-0.1, -0.05) is 0 Å². The van der Waals surface area contributed by atoms with Gasteiger partial charge in [-0.2, -0.15) is 18.3 Å². The zero-order valence-corrected chi connectivity index (χ0v) is 16.7. The van der Waals surface area contributed by atoms with E-state index in [1.165, 1.54) is 25.3 Å². The molecule has 0 aliphatic heterocycles. The highest BCUT2D eigenvalue weighted by molar-refractivity contribution is 5.93. The molecule has 2 heterocycles. The summed E-state index contributed by atoms with van der Waals surface area (Å²) >= 11 is 0. The fraction of sp³-hybridized carbons (Fsp3) is 0.682. The van der Waals surface area contributed by atoms with Crippen molar-refractivity contribution in [3.05, 3.63) is 29.2 Å². The van der Waals surface area contributed by atoms with Crippen molar-refractivity contribution >= 4 is 11.6 Å². The van der Waals surface area contributed by atoms with Crippen LogP contribution in [-0.2, 0) is 6.18 Å². The second-order valence-electron chi connectivity index (χ2n) is 10.2. The van der Waals surface area contributed by atoms with E-state index in [9.17, 15) is 18.0 Å². The van der Waals surface area contributed by atoms with Crippen LogP contribution in [0.3, 0.4) is 0 Å². The summed E-state index contributed by atoms with van der Waals surface area (Å²) in [5.41, 5.74) is -0.167. The Morgan fingerprint density at radius 2 is 1.73 bits per heavy atom. The van der Waals surface area contributed by atoms with Crippen LogP contribution < -0.4 is 5.32 Å². The normalized spacial score (nSPS) is 32.7. The maximum atomic E-state index is 13.6. The van der Waals surface area contributed by atoms with E-state index in [4.69, 9.17) is 0 Å². The predicted octanol–water partition coefficient (Wildman–Crippen LogP) is 4.57. The molecule has 5 saturated carbocycles. The lowest BCUT2D eigenvalue weighted by molar-refractivity contribution is -0.142. The Morgan fingerprint density at radius 3 is 2.30 bits per heavy atom. The van der Waals surface area contributed by atoms with Crippen LogP contribution in [0.4, 0.5) is 13.2 Å². The van der Waals surface area contributed by atoms with Crippen molar-refractivity contribution in [3.63, 3.8) is 0 Å². The molecule has 2 aromatic heterocycles. The maximum Gasteiger partial charge on any atom is 0.433 e. The van der Waals surface area contributed by atoms with Gasteiger partial charge in [-0.25, -0.2) is 9.50 Å². The number of aromatic nitrogens is 3. The highest BCUT2D eigenvalue weighted by atomic mass is 19.4. The van der Waals surface area contributed by atoms with E-state index in [2.05, 4.69) is 15.4 Å². The molecule has 7 rings (SSSR count). The van der Waals surface area contributed by atoms with Gasteiger partial charge in [0.15, 0.2) is 11.3 Å². The van der Waals surface area contributed by atoms with Crippen molar-refractivity contribution in [2.24, 2.45) is 23.2 Å². The highest BCUT2D eigenvalue weighted by Crippen LogP contribution is 2.59. The number of nitrogens with one attached hydrogen (secondary N) is 1. The largest absolute Gasteiger partial charge is 0.433 e. The molecule has 1 amide bonds. The molecule has 0 saturated heterocycles. The van der Waals surface area contributed by atoms with Gasteiger partial charge in [-0.15, -0.1) is 0 Å². The summed E-state index contributed by atoms with van der Waals surface area (Å²) in [6, 6.07) is 2.46. The smallest absolute Gasteiger partial charge is 0.350 e. The standard InChI is InChI=1S/C22H25F3N4O/c23-22(24,25)18-6-16(15-1-2-15)27-19-7-17(28-29(18)19)20(30)26-11-21-8-12-3-13(9-21)5-14(4-12)10-21/h6-7,12-15H,1-5,8-11H2,(H,26,30). The second kappa shape index (κ2) is 6.20. The van der Waals surface area contributed by atoms with Crippen molar-refractivity contribution in [3.8, 4) is 0 Å². The number of halogens is 3. The van der Waals surface area contributed by atoms with E-state index in [1.807, 2.05) is 0 Å². The molecular weight excluding hydrogens is 393 g/mol. The Hall–Kier alpha value is -2.12. The molecule has 1 N–H and O–H groups in total. The third-order valence-corrected chi connectivity index (χ3v) is 7.75. The number of hydrogen-bond donors (Lipinski definition) is 1. The lowest BCUT2D eigenvalue weighted by atomic mass is 9.49. The first-order chi connectivity index (χ1) is 14.3. The van der Waals surface area contributed by atoms with Crippen LogP contribution in [0.5, 0.6) is 0 Å². The molecule has 0 spiro atoms. The summed E-state index contributed by atoms with van der Waals surface area (Å²) in [6.45, 7) is 0.593. The van der Waals surface area contributed by atoms with Crippen molar-refractivity contribution in [2.75, 3.05) is 6.54 Å². The molecule has 0 aromatic carbocycles. The minimum Gasteiger partial charge on any atom is -0.350 e. The number of carbonyl (C=O) groups excluding carboxylic acids is 1. The molecule has 4 bridgehead atoms. The first kappa shape index (κ1) is 18.6. The molecule has 8 heteroatoms. The van der Waals surface area contributed by atoms with Crippen LogP contribution in [0.15, 0.2) is 12.1 Å². The lowest BCUT2D eigenvalue weighted by Crippen LogP contribution is -2.51. The molecule has 160 valence electrons. The third kappa shape index (κ3) is 3.10. The fourth-order valence-corrected chi connectivity index (χ4v) is 6.76. The van der Waals surface area contributed by atoms with Crippen LogP contribution >= 0.6 is 0 Å².